The third-order valence-corrected chi connectivity index (χ3v) is 3.43. The van der Waals surface area contributed by atoms with E-state index in [9.17, 15) is 0 Å². The number of nitrogens with two attached hydrogens (primary N) is 1. The molecule has 4 heteroatoms. The molecule has 0 amide bonds. The Bertz CT molecular complexity index is 554. The number of hydrogen-bond donors (Lipinski definition) is 1. The molecular weight excluding hydrogens is 236 g/mol. The molecule has 1 heterocycles. The lowest BCUT2D eigenvalue weighted by Gasteiger charge is -2.24. The van der Waals surface area contributed by atoms with Gasteiger partial charge in [-0.3, -0.25) is 4.68 Å². The summed E-state index contributed by atoms with van der Waals surface area (Å²) >= 11 is 0. The van der Waals surface area contributed by atoms with Gasteiger partial charge in [-0.15, -0.1) is 0 Å². The molecule has 0 aliphatic rings. The zero-order chi connectivity index (χ0) is 14.0. The van der Waals surface area contributed by atoms with Gasteiger partial charge in [0.15, 0.2) is 0 Å². The van der Waals surface area contributed by atoms with Gasteiger partial charge in [0, 0.05) is 31.4 Å². The predicted molar refractivity (Wildman–Crippen MR) is 79.7 cm³/mol. The van der Waals surface area contributed by atoms with E-state index in [-0.39, 0.29) is 0 Å². The van der Waals surface area contributed by atoms with Crippen LogP contribution in [0, 0.1) is 13.8 Å². The molecule has 0 saturated heterocycles. The maximum Gasteiger partial charge on any atom is 0.135 e. The summed E-state index contributed by atoms with van der Waals surface area (Å²) in [6.07, 6.45) is 0. The summed E-state index contributed by atoms with van der Waals surface area (Å²) in [5.74, 6) is 1.09. The molecule has 19 heavy (non-hydrogen) atoms. The van der Waals surface area contributed by atoms with Crippen LogP contribution in [0.4, 0.5) is 11.5 Å². The molecule has 0 aliphatic heterocycles. The molecular formula is C15H22N4. The normalized spacial score (nSPS) is 10.8. The number of aromatic nitrogens is 2. The molecule has 0 bridgehead atoms. The van der Waals surface area contributed by atoms with Crippen molar-refractivity contribution in [1.29, 1.82) is 0 Å². The Morgan fingerprint density at radius 1 is 1.21 bits per heavy atom. The van der Waals surface area contributed by atoms with E-state index in [0.717, 1.165) is 23.6 Å². The number of nitrogens with zero attached hydrogens (tertiary/aromatic N) is 3. The largest absolute Gasteiger partial charge is 0.327 e. The van der Waals surface area contributed by atoms with Crippen LogP contribution in [0.2, 0.25) is 0 Å². The Kier molecular flexibility index (Phi) is 3.90. The summed E-state index contributed by atoms with van der Waals surface area (Å²) in [7, 11) is 1.97. The molecule has 1 aromatic heterocycles. The fraction of sp³-hybridized carbons (Fsp3) is 0.400. The Morgan fingerprint density at radius 2 is 1.84 bits per heavy atom. The first kappa shape index (κ1) is 13.6. The number of hydrogen-bond acceptors (Lipinski definition) is 3. The molecule has 2 N–H and O–H groups in total. The Hall–Kier alpha value is -1.81. The van der Waals surface area contributed by atoms with Crippen LogP contribution in [-0.2, 0) is 13.6 Å². The predicted octanol–water partition coefficient (Wildman–Crippen LogP) is 2.65. The second kappa shape index (κ2) is 5.45. The highest BCUT2D eigenvalue weighted by Gasteiger charge is 2.18. The van der Waals surface area contributed by atoms with Crippen LogP contribution < -0.4 is 10.6 Å². The zero-order valence-electron chi connectivity index (χ0n) is 12.1. The van der Waals surface area contributed by atoms with Crippen molar-refractivity contribution in [1.82, 2.24) is 9.78 Å². The zero-order valence-corrected chi connectivity index (χ0v) is 12.1. The van der Waals surface area contributed by atoms with Crippen LogP contribution in [-0.4, -0.2) is 16.3 Å². The average Bonchev–Trinajstić information content (AvgIpc) is 2.67. The van der Waals surface area contributed by atoms with Crippen LogP contribution in [0.25, 0.3) is 0 Å². The summed E-state index contributed by atoms with van der Waals surface area (Å²) in [4.78, 5) is 2.25. The number of benzene rings is 1. The first-order valence-electron chi connectivity index (χ1n) is 6.65. The van der Waals surface area contributed by atoms with Gasteiger partial charge >= 0.3 is 0 Å². The van der Waals surface area contributed by atoms with Gasteiger partial charge in [0.25, 0.3) is 0 Å². The van der Waals surface area contributed by atoms with Crippen LogP contribution in [0.3, 0.4) is 0 Å². The second-order valence-corrected chi connectivity index (χ2v) is 4.80. The van der Waals surface area contributed by atoms with E-state index in [4.69, 9.17) is 5.73 Å². The van der Waals surface area contributed by atoms with E-state index in [1.165, 1.54) is 11.3 Å². The summed E-state index contributed by atoms with van der Waals surface area (Å²) in [5, 5.41) is 4.49. The summed E-state index contributed by atoms with van der Waals surface area (Å²) in [5.41, 5.74) is 10.4. The lowest BCUT2D eigenvalue weighted by molar-refractivity contribution is 0.741. The van der Waals surface area contributed by atoms with Gasteiger partial charge in [-0.25, -0.2) is 0 Å². The molecule has 0 aliphatic carbocycles. The van der Waals surface area contributed by atoms with Crippen LogP contribution >= 0.6 is 0 Å². The molecule has 0 spiro atoms. The van der Waals surface area contributed by atoms with Crippen molar-refractivity contribution in [3.8, 4) is 0 Å². The van der Waals surface area contributed by atoms with Crippen molar-refractivity contribution < 1.29 is 0 Å². The number of aryl methyl sites for hydroxylation is 3. The molecule has 2 rings (SSSR count). The van der Waals surface area contributed by atoms with E-state index in [1.54, 1.807) is 0 Å². The van der Waals surface area contributed by atoms with E-state index >= 15 is 0 Å². The number of anilines is 2. The molecule has 0 atom stereocenters. The molecule has 4 nitrogen and oxygen atoms in total. The van der Waals surface area contributed by atoms with Crippen LogP contribution in [0.5, 0.6) is 0 Å². The van der Waals surface area contributed by atoms with Crippen molar-refractivity contribution in [3.05, 3.63) is 41.1 Å². The number of rotatable bonds is 4. The van der Waals surface area contributed by atoms with Gasteiger partial charge < -0.3 is 10.6 Å². The maximum atomic E-state index is 5.88. The fourth-order valence-corrected chi connectivity index (χ4v) is 2.45. The Labute approximate surface area is 114 Å². The van der Waals surface area contributed by atoms with Crippen molar-refractivity contribution in [2.75, 3.05) is 11.4 Å². The summed E-state index contributed by atoms with van der Waals surface area (Å²) < 4.78 is 1.92. The first-order valence-corrected chi connectivity index (χ1v) is 6.65. The molecule has 102 valence electrons. The molecule has 0 saturated carbocycles. The standard InChI is InChI=1S/C15H22N4/c1-5-19(13-8-6-11(2)7-9-13)15-14(10-16)12(3)17-18(15)4/h6-9H,5,10,16H2,1-4H3. The lowest BCUT2D eigenvalue weighted by Crippen LogP contribution is -2.21. The van der Waals surface area contributed by atoms with E-state index in [1.807, 2.05) is 18.7 Å². The summed E-state index contributed by atoms with van der Waals surface area (Å²) in [6.45, 7) is 7.64. The smallest absolute Gasteiger partial charge is 0.135 e. The van der Waals surface area contributed by atoms with Gasteiger partial charge in [-0.1, -0.05) is 17.7 Å². The fourth-order valence-electron chi connectivity index (χ4n) is 2.45. The van der Waals surface area contributed by atoms with Gasteiger partial charge in [0.2, 0.25) is 0 Å². The third-order valence-electron chi connectivity index (χ3n) is 3.43. The average molecular weight is 258 g/mol. The van der Waals surface area contributed by atoms with Crippen molar-refractivity contribution in [2.45, 2.75) is 27.3 Å². The molecule has 1 aromatic carbocycles. The van der Waals surface area contributed by atoms with Gasteiger partial charge in [0.1, 0.15) is 5.82 Å². The van der Waals surface area contributed by atoms with Crippen LogP contribution in [0.1, 0.15) is 23.7 Å². The Balaban J connectivity index is 2.50. The van der Waals surface area contributed by atoms with E-state index in [0.29, 0.717) is 6.54 Å². The highest BCUT2D eigenvalue weighted by Crippen LogP contribution is 2.29. The maximum absolute atomic E-state index is 5.88. The lowest BCUT2D eigenvalue weighted by atomic mass is 10.2. The second-order valence-electron chi connectivity index (χ2n) is 4.80. The van der Waals surface area contributed by atoms with Gasteiger partial charge in [-0.05, 0) is 32.9 Å². The van der Waals surface area contributed by atoms with Crippen molar-refractivity contribution in [2.24, 2.45) is 12.8 Å². The quantitative estimate of drug-likeness (QED) is 0.917. The first-order chi connectivity index (χ1) is 9.08. The molecule has 0 fully saturated rings. The van der Waals surface area contributed by atoms with Crippen LogP contribution in [0.15, 0.2) is 24.3 Å². The minimum Gasteiger partial charge on any atom is -0.327 e. The van der Waals surface area contributed by atoms with Gasteiger partial charge in [0.05, 0.1) is 5.69 Å². The topological polar surface area (TPSA) is 47.1 Å². The van der Waals surface area contributed by atoms with E-state index < -0.39 is 0 Å². The van der Waals surface area contributed by atoms with E-state index in [2.05, 4.69) is 48.1 Å². The SMILES string of the molecule is CCN(c1ccc(C)cc1)c1c(CN)c(C)nn1C. The minimum absolute atomic E-state index is 0.511. The van der Waals surface area contributed by atoms with Gasteiger partial charge in [-0.2, -0.15) is 5.10 Å². The summed E-state index contributed by atoms with van der Waals surface area (Å²) in [6, 6.07) is 8.54. The van der Waals surface area contributed by atoms with Crippen molar-refractivity contribution >= 4 is 11.5 Å². The highest BCUT2D eigenvalue weighted by atomic mass is 15.4. The molecule has 2 aromatic rings. The minimum atomic E-state index is 0.511. The molecule has 0 radical (unpaired) electrons. The third kappa shape index (κ3) is 2.49. The van der Waals surface area contributed by atoms with Crippen molar-refractivity contribution in [3.63, 3.8) is 0 Å². The molecule has 0 unspecified atom stereocenters. The Morgan fingerprint density at radius 3 is 2.37 bits per heavy atom. The highest BCUT2D eigenvalue weighted by molar-refractivity contribution is 5.64. The monoisotopic (exact) mass is 258 g/mol.